The van der Waals surface area contributed by atoms with Gasteiger partial charge in [-0.2, -0.15) is 5.26 Å². The van der Waals surface area contributed by atoms with Crippen molar-refractivity contribution in [3.8, 4) is 11.8 Å². The van der Waals surface area contributed by atoms with Crippen LogP contribution in [0.4, 0.5) is 11.4 Å². The highest BCUT2D eigenvalue weighted by atomic mass is 16.5. The van der Waals surface area contributed by atoms with E-state index in [1.165, 1.54) is 0 Å². The zero-order chi connectivity index (χ0) is 18.9. The highest BCUT2D eigenvalue weighted by Crippen LogP contribution is 2.19. The molecule has 0 saturated carbocycles. The first-order valence-electron chi connectivity index (χ1n) is 8.53. The Balaban J connectivity index is 2.16. The van der Waals surface area contributed by atoms with Crippen molar-refractivity contribution in [2.45, 2.75) is 13.8 Å². The van der Waals surface area contributed by atoms with Gasteiger partial charge < -0.3 is 15.0 Å². The van der Waals surface area contributed by atoms with Gasteiger partial charge in [0, 0.05) is 30.5 Å². The highest BCUT2D eigenvalue weighted by molar-refractivity contribution is 6.09. The minimum Gasteiger partial charge on any atom is -0.497 e. The summed E-state index contributed by atoms with van der Waals surface area (Å²) in [7, 11) is 1.56. The van der Waals surface area contributed by atoms with Crippen molar-refractivity contribution in [1.29, 1.82) is 5.26 Å². The number of nitrogens with zero attached hydrogens (tertiary/aromatic N) is 2. The molecule has 0 heterocycles. The quantitative estimate of drug-likeness (QED) is 0.604. The molecule has 1 N–H and O–H groups in total. The Kier molecular flexibility index (Phi) is 6.81. The molecule has 0 unspecified atom stereocenters. The molecule has 0 aliphatic heterocycles. The van der Waals surface area contributed by atoms with Crippen molar-refractivity contribution in [2.75, 3.05) is 30.4 Å². The first-order valence-corrected chi connectivity index (χ1v) is 8.53. The first-order chi connectivity index (χ1) is 12.6. The zero-order valence-corrected chi connectivity index (χ0v) is 15.3. The van der Waals surface area contributed by atoms with E-state index in [4.69, 9.17) is 4.74 Å². The van der Waals surface area contributed by atoms with Gasteiger partial charge in [-0.05, 0) is 49.8 Å². The SMILES string of the molecule is CCN(CC)c1ccc(/C=C(\C#N)C(=O)Nc2cccc(OC)c2)cc1. The van der Waals surface area contributed by atoms with Crippen LogP contribution in [-0.2, 0) is 4.79 Å². The lowest BCUT2D eigenvalue weighted by Gasteiger charge is -2.20. The predicted molar refractivity (Wildman–Crippen MR) is 105 cm³/mol. The van der Waals surface area contributed by atoms with E-state index in [-0.39, 0.29) is 5.57 Å². The topological polar surface area (TPSA) is 65.4 Å². The van der Waals surface area contributed by atoms with E-state index in [9.17, 15) is 10.1 Å². The highest BCUT2D eigenvalue weighted by Gasteiger charge is 2.10. The number of hydrogen-bond acceptors (Lipinski definition) is 4. The molecule has 134 valence electrons. The van der Waals surface area contributed by atoms with E-state index in [0.717, 1.165) is 24.3 Å². The molecule has 0 aromatic heterocycles. The van der Waals surface area contributed by atoms with E-state index < -0.39 is 5.91 Å². The summed E-state index contributed by atoms with van der Waals surface area (Å²) in [5, 5.41) is 12.1. The molecular formula is C21H23N3O2. The number of anilines is 2. The molecular weight excluding hydrogens is 326 g/mol. The van der Waals surface area contributed by atoms with Gasteiger partial charge in [0.05, 0.1) is 7.11 Å². The molecule has 1 amide bonds. The van der Waals surface area contributed by atoms with Gasteiger partial charge in [0.25, 0.3) is 5.91 Å². The van der Waals surface area contributed by atoms with Crippen molar-refractivity contribution < 1.29 is 9.53 Å². The molecule has 0 spiro atoms. The van der Waals surface area contributed by atoms with E-state index >= 15 is 0 Å². The van der Waals surface area contributed by atoms with Crippen LogP contribution in [0.1, 0.15) is 19.4 Å². The molecule has 5 nitrogen and oxygen atoms in total. The molecule has 0 saturated heterocycles. The van der Waals surface area contributed by atoms with Crippen LogP contribution in [0.2, 0.25) is 0 Å². The number of rotatable bonds is 7. The van der Waals surface area contributed by atoms with Crippen LogP contribution < -0.4 is 15.0 Å². The molecule has 0 radical (unpaired) electrons. The molecule has 26 heavy (non-hydrogen) atoms. The van der Waals surface area contributed by atoms with Crippen LogP contribution in [0, 0.1) is 11.3 Å². The largest absolute Gasteiger partial charge is 0.497 e. The summed E-state index contributed by atoms with van der Waals surface area (Å²) >= 11 is 0. The van der Waals surface area contributed by atoms with Gasteiger partial charge in [-0.3, -0.25) is 4.79 Å². The van der Waals surface area contributed by atoms with Crippen LogP contribution >= 0.6 is 0 Å². The summed E-state index contributed by atoms with van der Waals surface area (Å²) in [5.41, 5.74) is 2.54. The Morgan fingerprint density at radius 2 is 1.88 bits per heavy atom. The molecule has 0 fully saturated rings. The van der Waals surface area contributed by atoms with Crippen molar-refractivity contribution in [2.24, 2.45) is 0 Å². The number of ether oxygens (including phenoxy) is 1. The normalized spacial score (nSPS) is 10.8. The zero-order valence-electron chi connectivity index (χ0n) is 15.3. The number of carbonyl (C=O) groups is 1. The van der Waals surface area contributed by atoms with Crippen LogP contribution in [0.15, 0.2) is 54.1 Å². The van der Waals surface area contributed by atoms with Crippen molar-refractivity contribution >= 4 is 23.4 Å². The Morgan fingerprint density at radius 1 is 1.19 bits per heavy atom. The van der Waals surface area contributed by atoms with Crippen LogP contribution in [0.3, 0.4) is 0 Å². The third-order valence-electron chi connectivity index (χ3n) is 4.03. The Hall–Kier alpha value is -3.26. The number of nitrogens with one attached hydrogen (secondary N) is 1. The van der Waals surface area contributed by atoms with Crippen LogP contribution in [0.5, 0.6) is 5.75 Å². The maximum absolute atomic E-state index is 12.4. The summed E-state index contributed by atoms with van der Waals surface area (Å²) in [6, 6.07) is 16.8. The summed E-state index contributed by atoms with van der Waals surface area (Å²) < 4.78 is 5.13. The van der Waals surface area contributed by atoms with Crippen molar-refractivity contribution in [3.63, 3.8) is 0 Å². The van der Waals surface area contributed by atoms with Gasteiger partial charge in [0.2, 0.25) is 0 Å². The fraction of sp³-hybridized carbons (Fsp3) is 0.238. The van der Waals surface area contributed by atoms with E-state index in [2.05, 4.69) is 24.1 Å². The number of methoxy groups -OCH3 is 1. The smallest absolute Gasteiger partial charge is 0.266 e. The molecule has 0 bridgehead atoms. The molecule has 2 rings (SSSR count). The lowest BCUT2D eigenvalue weighted by atomic mass is 10.1. The van der Waals surface area contributed by atoms with E-state index in [1.54, 1.807) is 37.5 Å². The monoisotopic (exact) mass is 349 g/mol. The number of amides is 1. The van der Waals surface area contributed by atoms with Crippen LogP contribution in [0.25, 0.3) is 6.08 Å². The second-order valence-corrected chi connectivity index (χ2v) is 5.62. The van der Waals surface area contributed by atoms with E-state index in [0.29, 0.717) is 11.4 Å². The van der Waals surface area contributed by atoms with Gasteiger partial charge in [0.1, 0.15) is 17.4 Å². The van der Waals surface area contributed by atoms with E-state index in [1.807, 2.05) is 30.3 Å². The van der Waals surface area contributed by atoms with Gasteiger partial charge in [-0.1, -0.05) is 18.2 Å². The van der Waals surface area contributed by atoms with Crippen LogP contribution in [-0.4, -0.2) is 26.1 Å². The number of hydrogen-bond donors (Lipinski definition) is 1. The Morgan fingerprint density at radius 3 is 2.46 bits per heavy atom. The lowest BCUT2D eigenvalue weighted by Crippen LogP contribution is -2.21. The third kappa shape index (κ3) is 4.87. The molecule has 2 aromatic carbocycles. The number of nitriles is 1. The molecule has 0 aliphatic carbocycles. The minimum atomic E-state index is -0.450. The molecule has 0 aliphatic rings. The average Bonchev–Trinajstić information content (AvgIpc) is 2.68. The van der Waals surface area contributed by atoms with Gasteiger partial charge >= 0.3 is 0 Å². The Labute approximate surface area is 154 Å². The predicted octanol–water partition coefficient (Wildman–Crippen LogP) is 4.09. The van der Waals surface area contributed by atoms with Crippen molar-refractivity contribution in [3.05, 3.63) is 59.7 Å². The maximum atomic E-state index is 12.4. The summed E-state index contributed by atoms with van der Waals surface area (Å²) in [6.45, 7) is 6.07. The number of carbonyl (C=O) groups excluding carboxylic acids is 1. The first kappa shape index (κ1) is 19.1. The fourth-order valence-electron chi connectivity index (χ4n) is 2.58. The lowest BCUT2D eigenvalue weighted by molar-refractivity contribution is -0.112. The molecule has 0 atom stereocenters. The average molecular weight is 349 g/mol. The second-order valence-electron chi connectivity index (χ2n) is 5.62. The summed E-state index contributed by atoms with van der Waals surface area (Å²) in [4.78, 5) is 14.6. The standard InChI is InChI=1S/C21H23N3O2/c1-4-24(5-2)19-11-9-16(10-12-19)13-17(15-22)21(25)23-18-7-6-8-20(14-18)26-3/h6-14H,4-5H2,1-3H3,(H,23,25)/b17-13+. The number of benzene rings is 2. The minimum absolute atomic E-state index is 0.0448. The summed E-state index contributed by atoms with van der Waals surface area (Å²) in [6.07, 6.45) is 1.58. The third-order valence-corrected chi connectivity index (χ3v) is 4.03. The van der Waals surface area contributed by atoms with Gasteiger partial charge in [-0.25, -0.2) is 0 Å². The second kappa shape index (κ2) is 9.28. The summed E-state index contributed by atoms with van der Waals surface area (Å²) in [5.74, 6) is 0.186. The van der Waals surface area contributed by atoms with Gasteiger partial charge in [-0.15, -0.1) is 0 Å². The molecule has 5 heteroatoms. The Bertz CT molecular complexity index is 816. The molecule has 2 aromatic rings. The fourth-order valence-corrected chi connectivity index (χ4v) is 2.58. The van der Waals surface area contributed by atoms with Crippen molar-refractivity contribution in [1.82, 2.24) is 0 Å². The maximum Gasteiger partial charge on any atom is 0.266 e. The van der Waals surface area contributed by atoms with Gasteiger partial charge in [0.15, 0.2) is 0 Å².